The Bertz CT molecular complexity index is 1010. The summed E-state index contributed by atoms with van der Waals surface area (Å²) in [6.07, 6.45) is 0.599. The molecule has 3 aromatic carbocycles. The van der Waals surface area contributed by atoms with E-state index in [0.717, 1.165) is 0 Å². The molecule has 31 heavy (non-hydrogen) atoms. The molecule has 0 aliphatic rings. The SMILES string of the molecule is CCCC(=O)N(c1ccccc1)[C@](Cc1ccc(O)cc1)(Oc1ccccc1)C(=O)O. The Balaban J connectivity index is 2.19. The summed E-state index contributed by atoms with van der Waals surface area (Å²) in [5.74, 6) is -1.26. The molecule has 3 aromatic rings. The Hall–Kier alpha value is -3.80. The molecule has 0 unspecified atom stereocenters. The standard InChI is InChI=1S/C25H25NO5/c1-2-9-23(28)26(20-10-5-3-6-11-20)25(24(29)30,31-22-12-7-4-8-13-22)18-19-14-16-21(27)17-15-19/h3-8,10-17,27H,2,9,18H2,1H3,(H,29,30)/t25-/m1/s1. The molecule has 0 spiro atoms. The van der Waals surface area contributed by atoms with Crippen LogP contribution < -0.4 is 9.64 Å². The van der Waals surface area contributed by atoms with Gasteiger partial charge in [0, 0.05) is 18.5 Å². The number of aromatic hydroxyl groups is 1. The molecule has 0 aliphatic heterocycles. The highest BCUT2D eigenvalue weighted by Crippen LogP contribution is 2.32. The molecule has 0 bridgehead atoms. The number of rotatable bonds is 9. The van der Waals surface area contributed by atoms with Gasteiger partial charge in [-0.25, -0.2) is 4.79 Å². The zero-order valence-electron chi connectivity index (χ0n) is 17.3. The molecule has 0 saturated carbocycles. The van der Waals surface area contributed by atoms with Gasteiger partial charge in [0.2, 0.25) is 5.91 Å². The second kappa shape index (κ2) is 9.80. The molecule has 0 aliphatic carbocycles. The Morgan fingerprint density at radius 2 is 1.48 bits per heavy atom. The first-order valence-corrected chi connectivity index (χ1v) is 10.1. The molecule has 0 radical (unpaired) electrons. The van der Waals surface area contributed by atoms with Crippen LogP contribution in [-0.4, -0.2) is 27.8 Å². The maximum absolute atomic E-state index is 13.3. The molecule has 1 atom stereocenters. The van der Waals surface area contributed by atoms with Gasteiger partial charge in [0.05, 0.1) is 0 Å². The van der Waals surface area contributed by atoms with Crippen LogP contribution in [0.5, 0.6) is 11.5 Å². The van der Waals surface area contributed by atoms with Gasteiger partial charge in [-0.2, -0.15) is 0 Å². The normalized spacial score (nSPS) is 12.5. The summed E-state index contributed by atoms with van der Waals surface area (Å²) in [6, 6.07) is 23.5. The number of hydrogen-bond acceptors (Lipinski definition) is 4. The van der Waals surface area contributed by atoms with E-state index in [0.29, 0.717) is 23.4 Å². The van der Waals surface area contributed by atoms with Crippen molar-refractivity contribution >= 4 is 17.6 Å². The quantitative estimate of drug-likeness (QED) is 0.494. The van der Waals surface area contributed by atoms with Crippen LogP contribution in [0, 0.1) is 0 Å². The summed E-state index contributed by atoms with van der Waals surface area (Å²) in [5, 5.41) is 20.1. The number of ether oxygens (including phenoxy) is 1. The number of carbonyl (C=O) groups excluding carboxylic acids is 1. The van der Waals surface area contributed by atoms with Crippen LogP contribution in [0.4, 0.5) is 5.69 Å². The zero-order valence-corrected chi connectivity index (χ0v) is 17.3. The first-order valence-electron chi connectivity index (χ1n) is 10.1. The third-order valence-corrected chi connectivity index (χ3v) is 4.83. The maximum Gasteiger partial charge on any atom is 0.371 e. The van der Waals surface area contributed by atoms with Gasteiger partial charge in [-0.3, -0.25) is 9.69 Å². The highest BCUT2D eigenvalue weighted by atomic mass is 16.5. The number of benzene rings is 3. The van der Waals surface area contributed by atoms with Crippen molar-refractivity contribution < 1.29 is 24.5 Å². The van der Waals surface area contributed by atoms with E-state index >= 15 is 0 Å². The van der Waals surface area contributed by atoms with Gasteiger partial charge in [0.25, 0.3) is 5.72 Å². The minimum absolute atomic E-state index is 0.0654. The lowest BCUT2D eigenvalue weighted by atomic mass is 9.98. The molecule has 0 saturated heterocycles. The van der Waals surface area contributed by atoms with Crippen LogP contribution in [0.1, 0.15) is 25.3 Å². The lowest BCUT2D eigenvalue weighted by Crippen LogP contribution is -2.63. The Labute approximate surface area is 181 Å². The third-order valence-electron chi connectivity index (χ3n) is 4.83. The number of phenolic OH excluding ortho intramolecular Hbond substituents is 1. The first-order chi connectivity index (χ1) is 15.0. The average Bonchev–Trinajstić information content (AvgIpc) is 2.77. The predicted molar refractivity (Wildman–Crippen MR) is 118 cm³/mol. The van der Waals surface area contributed by atoms with Crippen LogP contribution in [0.25, 0.3) is 0 Å². The minimum atomic E-state index is -2.04. The molecule has 3 rings (SSSR count). The van der Waals surface area contributed by atoms with Gasteiger partial charge in [0.15, 0.2) is 0 Å². The van der Waals surface area contributed by atoms with Crippen LogP contribution in [-0.2, 0) is 16.0 Å². The highest BCUT2D eigenvalue weighted by Gasteiger charge is 2.50. The van der Waals surface area contributed by atoms with Gasteiger partial charge >= 0.3 is 5.97 Å². The van der Waals surface area contributed by atoms with Crippen LogP contribution in [0.3, 0.4) is 0 Å². The van der Waals surface area contributed by atoms with Crippen molar-refractivity contribution in [2.45, 2.75) is 31.9 Å². The number of phenols is 1. The van der Waals surface area contributed by atoms with E-state index in [1.807, 2.05) is 6.92 Å². The minimum Gasteiger partial charge on any atom is -0.508 e. The second-order valence-corrected chi connectivity index (χ2v) is 7.16. The number of aliphatic carboxylic acids is 1. The van der Waals surface area contributed by atoms with E-state index in [2.05, 4.69) is 0 Å². The summed E-state index contributed by atoms with van der Waals surface area (Å²) in [5.41, 5.74) is -1.01. The summed E-state index contributed by atoms with van der Waals surface area (Å²) in [4.78, 5) is 27.4. The van der Waals surface area contributed by atoms with Gasteiger partial charge in [-0.15, -0.1) is 0 Å². The van der Waals surface area contributed by atoms with Gasteiger partial charge < -0.3 is 14.9 Å². The van der Waals surface area contributed by atoms with E-state index in [1.54, 1.807) is 72.8 Å². The van der Waals surface area contributed by atoms with E-state index < -0.39 is 11.7 Å². The van der Waals surface area contributed by atoms with E-state index in [9.17, 15) is 19.8 Å². The molecule has 6 heteroatoms. The molecular formula is C25H25NO5. The molecule has 0 fully saturated rings. The third kappa shape index (κ3) is 5.04. The van der Waals surface area contributed by atoms with Crippen LogP contribution in [0.2, 0.25) is 0 Å². The molecule has 160 valence electrons. The van der Waals surface area contributed by atoms with Crippen molar-refractivity contribution in [3.05, 3.63) is 90.5 Å². The van der Waals surface area contributed by atoms with Gasteiger partial charge in [-0.1, -0.05) is 55.5 Å². The smallest absolute Gasteiger partial charge is 0.371 e. The first kappa shape index (κ1) is 21.9. The Morgan fingerprint density at radius 1 is 0.903 bits per heavy atom. The molecule has 1 amide bonds. The zero-order chi connectivity index (χ0) is 22.3. The summed E-state index contributed by atoms with van der Waals surface area (Å²) >= 11 is 0. The van der Waals surface area contributed by atoms with Gasteiger partial charge in [0.1, 0.15) is 11.5 Å². The molecule has 0 heterocycles. The monoisotopic (exact) mass is 419 g/mol. The lowest BCUT2D eigenvalue weighted by Gasteiger charge is -2.40. The van der Waals surface area contributed by atoms with Crippen molar-refractivity contribution in [2.24, 2.45) is 0 Å². The second-order valence-electron chi connectivity index (χ2n) is 7.16. The van der Waals surface area contributed by atoms with Crippen molar-refractivity contribution in [3.8, 4) is 11.5 Å². The summed E-state index contributed by atoms with van der Waals surface area (Å²) in [6.45, 7) is 1.86. The molecular weight excluding hydrogens is 394 g/mol. The number of para-hydroxylation sites is 2. The fourth-order valence-corrected chi connectivity index (χ4v) is 3.41. The van der Waals surface area contributed by atoms with Crippen molar-refractivity contribution in [2.75, 3.05) is 4.90 Å². The van der Waals surface area contributed by atoms with Crippen molar-refractivity contribution in [3.63, 3.8) is 0 Å². The lowest BCUT2D eigenvalue weighted by molar-refractivity contribution is -0.157. The van der Waals surface area contributed by atoms with E-state index in [1.165, 1.54) is 17.0 Å². The molecule has 0 aromatic heterocycles. The number of hydrogen-bond donors (Lipinski definition) is 2. The van der Waals surface area contributed by atoms with E-state index in [4.69, 9.17) is 4.74 Å². The number of carboxylic acids is 1. The average molecular weight is 419 g/mol. The number of anilines is 1. The van der Waals surface area contributed by atoms with Crippen molar-refractivity contribution in [1.29, 1.82) is 0 Å². The fourth-order valence-electron chi connectivity index (χ4n) is 3.41. The number of amides is 1. The van der Waals surface area contributed by atoms with Crippen LogP contribution in [0.15, 0.2) is 84.9 Å². The molecule has 6 nitrogen and oxygen atoms in total. The Morgan fingerprint density at radius 3 is 2.03 bits per heavy atom. The Kier molecular flexibility index (Phi) is 6.92. The highest BCUT2D eigenvalue weighted by molar-refractivity contribution is 6.01. The topological polar surface area (TPSA) is 87.1 Å². The van der Waals surface area contributed by atoms with Crippen molar-refractivity contribution in [1.82, 2.24) is 0 Å². The fraction of sp³-hybridized carbons (Fsp3) is 0.200. The maximum atomic E-state index is 13.3. The number of nitrogens with zero attached hydrogens (tertiary/aromatic N) is 1. The summed E-state index contributed by atoms with van der Waals surface area (Å²) < 4.78 is 6.12. The largest absolute Gasteiger partial charge is 0.508 e. The molecule has 2 N–H and O–H groups in total. The van der Waals surface area contributed by atoms with Crippen LogP contribution >= 0.6 is 0 Å². The predicted octanol–water partition coefficient (Wildman–Crippen LogP) is 4.63. The number of carbonyl (C=O) groups is 2. The number of carboxylic acid groups (broad SMARTS) is 1. The van der Waals surface area contributed by atoms with E-state index in [-0.39, 0.29) is 24.5 Å². The van der Waals surface area contributed by atoms with Gasteiger partial charge in [-0.05, 0) is 48.4 Å². The summed E-state index contributed by atoms with van der Waals surface area (Å²) in [7, 11) is 0.